The van der Waals surface area contributed by atoms with Crippen molar-refractivity contribution < 1.29 is 4.79 Å². The number of carbonyl (C=O) groups excluding carboxylic acids is 1. The van der Waals surface area contributed by atoms with Gasteiger partial charge in [-0.15, -0.1) is 6.58 Å². The molecule has 0 spiro atoms. The molecule has 0 aromatic carbocycles. The van der Waals surface area contributed by atoms with Gasteiger partial charge in [-0.3, -0.25) is 15.3 Å². The quantitative estimate of drug-likeness (QED) is 0.405. The first-order chi connectivity index (χ1) is 8.15. The van der Waals surface area contributed by atoms with E-state index in [2.05, 4.69) is 16.9 Å². The van der Waals surface area contributed by atoms with Gasteiger partial charge >= 0.3 is 6.03 Å². The fourth-order valence-electron chi connectivity index (χ4n) is 1.17. The molecule has 17 heavy (non-hydrogen) atoms. The minimum absolute atomic E-state index is 0.166. The van der Waals surface area contributed by atoms with E-state index in [4.69, 9.17) is 11.1 Å². The number of nitrogens with zero attached hydrogens (tertiary/aromatic N) is 2. The lowest BCUT2D eigenvalue weighted by molar-refractivity contribution is 0.219. The lowest BCUT2D eigenvalue weighted by Crippen LogP contribution is -2.46. The molecule has 0 radical (unpaired) electrons. The van der Waals surface area contributed by atoms with Gasteiger partial charge in [0.2, 0.25) is 0 Å². The largest absolute Gasteiger partial charge is 0.370 e. The Morgan fingerprint density at radius 1 is 1.65 bits per heavy atom. The first-order valence-electron chi connectivity index (χ1n) is 5.05. The molecule has 2 amide bonds. The van der Waals surface area contributed by atoms with E-state index in [0.717, 1.165) is 4.90 Å². The van der Waals surface area contributed by atoms with Gasteiger partial charge in [-0.1, -0.05) is 12.1 Å². The number of guanidine groups is 1. The van der Waals surface area contributed by atoms with Crippen LogP contribution in [0.2, 0.25) is 0 Å². The van der Waals surface area contributed by atoms with E-state index in [9.17, 15) is 4.79 Å². The minimum atomic E-state index is -0.442. The summed E-state index contributed by atoms with van der Waals surface area (Å²) in [6.45, 7) is 3.98. The van der Waals surface area contributed by atoms with Gasteiger partial charge in [-0.05, 0) is 12.1 Å². The van der Waals surface area contributed by atoms with Crippen LogP contribution in [0.1, 0.15) is 5.69 Å². The van der Waals surface area contributed by atoms with E-state index in [-0.39, 0.29) is 12.5 Å². The fraction of sp³-hybridized carbons (Fsp3) is 0.182. The van der Waals surface area contributed by atoms with E-state index in [1.165, 1.54) is 0 Å². The third-order valence-electron chi connectivity index (χ3n) is 1.98. The van der Waals surface area contributed by atoms with Crippen LogP contribution in [0.15, 0.2) is 37.1 Å². The lowest BCUT2D eigenvalue weighted by atomic mass is 10.3. The molecule has 0 aliphatic rings. The Labute approximate surface area is 99.6 Å². The Morgan fingerprint density at radius 3 is 2.94 bits per heavy atom. The third-order valence-corrected chi connectivity index (χ3v) is 1.98. The van der Waals surface area contributed by atoms with Crippen LogP contribution < -0.4 is 11.1 Å². The maximum absolute atomic E-state index is 11.7. The Morgan fingerprint density at radius 2 is 2.41 bits per heavy atom. The second-order valence-corrected chi connectivity index (χ2v) is 3.27. The normalized spacial score (nSPS) is 9.41. The second-order valence-electron chi connectivity index (χ2n) is 3.27. The predicted octanol–water partition coefficient (Wildman–Crippen LogP) is 0.673. The second kappa shape index (κ2) is 6.26. The Bertz CT molecular complexity index is 404. The van der Waals surface area contributed by atoms with Crippen LogP contribution >= 0.6 is 0 Å². The summed E-state index contributed by atoms with van der Waals surface area (Å²) in [7, 11) is 0. The molecule has 0 aliphatic heterocycles. The van der Waals surface area contributed by atoms with Crippen LogP contribution in [0.3, 0.4) is 0 Å². The van der Waals surface area contributed by atoms with Crippen LogP contribution in [0, 0.1) is 5.41 Å². The average Bonchev–Trinajstić information content (AvgIpc) is 2.34. The zero-order chi connectivity index (χ0) is 12.7. The zero-order valence-corrected chi connectivity index (χ0v) is 9.39. The SMILES string of the molecule is C=CCNC(=O)N(Cc1ccccn1)C(=N)N. The number of hydrogen-bond donors (Lipinski definition) is 3. The highest BCUT2D eigenvalue weighted by atomic mass is 16.2. The molecule has 0 saturated heterocycles. The third kappa shape index (κ3) is 3.94. The van der Waals surface area contributed by atoms with Crippen LogP contribution in [-0.4, -0.2) is 28.4 Å². The van der Waals surface area contributed by atoms with Gasteiger partial charge in [0.25, 0.3) is 0 Å². The number of aromatic nitrogens is 1. The highest BCUT2D eigenvalue weighted by Crippen LogP contribution is 2.00. The first-order valence-corrected chi connectivity index (χ1v) is 5.05. The van der Waals surface area contributed by atoms with Crippen LogP contribution in [-0.2, 0) is 6.54 Å². The molecule has 0 saturated carbocycles. The summed E-state index contributed by atoms with van der Waals surface area (Å²) in [4.78, 5) is 16.8. The van der Waals surface area contributed by atoms with Crippen LogP contribution in [0.5, 0.6) is 0 Å². The summed E-state index contributed by atoms with van der Waals surface area (Å²) in [5, 5.41) is 9.91. The van der Waals surface area contributed by atoms with Crippen molar-refractivity contribution in [1.29, 1.82) is 5.41 Å². The summed E-state index contributed by atoms with van der Waals surface area (Å²) in [6.07, 6.45) is 3.17. The van der Waals surface area contributed by atoms with E-state index in [1.54, 1.807) is 24.4 Å². The number of nitrogens with one attached hydrogen (secondary N) is 2. The lowest BCUT2D eigenvalue weighted by Gasteiger charge is -2.20. The van der Waals surface area contributed by atoms with E-state index >= 15 is 0 Å². The van der Waals surface area contributed by atoms with Crippen molar-refractivity contribution in [2.75, 3.05) is 6.54 Å². The van der Waals surface area contributed by atoms with Gasteiger partial charge in [0.15, 0.2) is 5.96 Å². The molecule has 0 bridgehead atoms. The topological polar surface area (TPSA) is 95.1 Å². The fourth-order valence-corrected chi connectivity index (χ4v) is 1.17. The van der Waals surface area contributed by atoms with Crippen molar-refractivity contribution in [3.05, 3.63) is 42.7 Å². The molecule has 0 fully saturated rings. The van der Waals surface area contributed by atoms with Gasteiger partial charge in [0.05, 0.1) is 12.2 Å². The number of hydrogen-bond acceptors (Lipinski definition) is 3. The summed E-state index contributed by atoms with van der Waals surface area (Å²) in [5.41, 5.74) is 6.02. The maximum atomic E-state index is 11.7. The number of carbonyl (C=O) groups is 1. The Balaban J connectivity index is 2.70. The molecule has 0 aliphatic carbocycles. The predicted molar refractivity (Wildman–Crippen MR) is 65.3 cm³/mol. The standard InChI is InChI=1S/C11H15N5O/c1-2-6-15-11(17)16(10(12)13)8-9-5-3-4-7-14-9/h2-5,7H,1,6,8H2,(H3,12,13)(H,15,17). The highest BCUT2D eigenvalue weighted by molar-refractivity contribution is 5.93. The number of amides is 2. The molecule has 1 rings (SSSR count). The summed E-state index contributed by atoms with van der Waals surface area (Å²) >= 11 is 0. The molecule has 4 N–H and O–H groups in total. The summed E-state index contributed by atoms with van der Waals surface area (Å²) in [6, 6.07) is 4.90. The monoisotopic (exact) mass is 233 g/mol. The molecule has 1 aromatic heterocycles. The van der Waals surface area contributed by atoms with Gasteiger partial charge in [0.1, 0.15) is 0 Å². The Kier molecular flexibility index (Phi) is 4.68. The van der Waals surface area contributed by atoms with Crippen molar-refractivity contribution in [2.45, 2.75) is 6.54 Å². The van der Waals surface area contributed by atoms with Crippen molar-refractivity contribution in [3.63, 3.8) is 0 Å². The maximum Gasteiger partial charge on any atom is 0.324 e. The first kappa shape index (κ1) is 12.7. The molecule has 1 aromatic rings. The number of nitrogens with two attached hydrogens (primary N) is 1. The number of rotatable bonds is 4. The van der Waals surface area contributed by atoms with Gasteiger partial charge in [0, 0.05) is 12.7 Å². The van der Waals surface area contributed by atoms with Crippen molar-refractivity contribution in [3.8, 4) is 0 Å². The number of urea groups is 1. The molecular formula is C11H15N5O. The van der Waals surface area contributed by atoms with Crippen LogP contribution in [0.25, 0.3) is 0 Å². The number of pyridine rings is 1. The van der Waals surface area contributed by atoms with E-state index in [0.29, 0.717) is 12.2 Å². The van der Waals surface area contributed by atoms with E-state index < -0.39 is 6.03 Å². The van der Waals surface area contributed by atoms with Crippen molar-refractivity contribution in [1.82, 2.24) is 15.2 Å². The Hall–Kier alpha value is -2.37. The molecule has 6 heteroatoms. The molecular weight excluding hydrogens is 218 g/mol. The average molecular weight is 233 g/mol. The molecule has 0 atom stereocenters. The molecule has 1 heterocycles. The molecule has 0 unspecified atom stereocenters. The van der Waals surface area contributed by atoms with E-state index in [1.807, 2.05) is 6.07 Å². The van der Waals surface area contributed by atoms with Gasteiger partial charge in [-0.25, -0.2) is 4.79 Å². The minimum Gasteiger partial charge on any atom is -0.370 e. The summed E-state index contributed by atoms with van der Waals surface area (Å²) < 4.78 is 0. The summed E-state index contributed by atoms with van der Waals surface area (Å²) in [5.74, 6) is -0.322. The zero-order valence-electron chi connectivity index (χ0n) is 9.39. The van der Waals surface area contributed by atoms with Crippen molar-refractivity contribution >= 4 is 12.0 Å². The smallest absolute Gasteiger partial charge is 0.324 e. The molecule has 90 valence electrons. The van der Waals surface area contributed by atoms with Crippen LogP contribution in [0.4, 0.5) is 4.79 Å². The van der Waals surface area contributed by atoms with Gasteiger partial charge < -0.3 is 11.1 Å². The van der Waals surface area contributed by atoms with Gasteiger partial charge in [-0.2, -0.15) is 0 Å². The highest BCUT2D eigenvalue weighted by Gasteiger charge is 2.16. The van der Waals surface area contributed by atoms with Crippen molar-refractivity contribution in [2.24, 2.45) is 5.73 Å². The molecule has 6 nitrogen and oxygen atoms in total.